The normalized spacial score (nSPS) is 16.3. The third kappa shape index (κ3) is 11.6. The van der Waals surface area contributed by atoms with Crippen molar-refractivity contribution in [1.82, 2.24) is 0 Å². The Morgan fingerprint density at radius 1 is 0.923 bits per heavy atom. The second-order valence-corrected chi connectivity index (χ2v) is 11.7. The van der Waals surface area contributed by atoms with Gasteiger partial charge in [-0.1, -0.05) is 102 Å². The number of rotatable bonds is 20. The zero-order valence-electron chi connectivity index (χ0n) is 23.2. The fourth-order valence-electron chi connectivity index (χ4n) is 4.28. The summed E-state index contributed by atoms with van der Waals surface area (Å²) in [5.41, 5.74) is 0.822. The van der Waals surface area contributed by atoms with Crippen LogP contribution in [0.1, 0.15) is 102 Å². The van der Waals surface area contributed by atoms with Crippen molar-refractivity contribution < 1.29 is 41.9 Å². The highest BCUT2D eigenvalue weighted by Crippen LogP contribution is 2.28. The first-order valence-corrected chi connectivity index (χ1v) is 15.6. The van der Waals surface area contributed by atoms with E-state index in [9.17, 15) is 28.2 Å². The lowest BCUT2D eigenvalue weighted by atomic mass is 10.0. The van der Waals surface area contributed by atoms with E-state index in [1.165, 1.54) is 69.9 Å². The molecule has 1 aliphatic heterocycles. The molecule has 10 heteroatoms. The molecular weight excluding hydrogens is 524 g/mol. The molecule has 0 bridgehead atoms. The molecule has 1 aromatic carbocycles. The monoisotopic (exact) mass is 568 g/mol. The molecule has 0 fully saturated rings. The zero-order chi connectivity index (χ0) is 28.7. The zero-order valence-corrected chi connectivity index (χ0v) is 24.0. The summed E-state index contributed by atoms with van der Waals surface area (Å²) in [4.78, 5) is 23.9. The van der Waals surface area contributed by atoms with Gasteiger partial charge in [0.15, 0.2) is 11.9 Å². The first kappa shape index (κ1) is 32.6. The van der Waals surface area contributed by atoms with Crippen molar-refractivity contribution in [1.29, 1.82) is 0 Å². The number of hydrogen-bond acceptors (Lipinski definition) is 9. The Bertz CT molecular complexity index is 1030. The molecule has 2 atom stereocenters. The van der Waals surface area contributed by atoms with Crippen LogP contribution in [0.2, 0.25) is 0 Å². The second kappa shape index (κ2) is 17.2. The number of aliphatic hydroxyl groups is 2. The molecule has 1 aliphatic rings. The molecule has 2 N–H and O–H groups in total. The van der Waals surface area contributed by atoms with E-state index < -0.39 is 52.4 Å². The summed E-state index contributed by atoms with van der Waals surface area (Å²) in [6, 6.07) is 5.70. The van der Waals surface area contributed by atoms with Crippen molar-refractivity contribution in [3.63, 3.8) is 0 Å². The van der Waals surface area contributed by atoms with Gasteiger partial charge in [0.1, 0.15) is 17.6 Å². The van der Waals surface area contributed by atoms with Gasteiger partial charge in [0.2, 0.25) is 0 Å². The van der Waals surface area contributed by atoms with Gasteiger partial charge in [0.25, 0.3) is 5.76 Å². The van der Waals surface area contributed by atoms with Crippen molar-refractivity contribution >= 4 is 22.1 Å². The number of esters is 2. The Balaban J connectivity index is 1.63. The lowest BCUT2D eigenvalue weighted by molar-refractivity contribution is -0.154. The van der Waals surface area contributed by atoms with Gasteiger partial charge in [0.05, 0.1) is 0 Å². The number of carbonyl (C=O) groups excluding carboxylic acids is 2. The molecule has 0 aliphatic carbocycles. The highest BCUT2D eigenvalue weighted by Gasteiger charge is 2.43. The van der Waals surface area contributed by atoms with Crippen LogP contribution >= 0.6 is 0 Å². The standard InChI is InChI=1S/C29H44O9S/c1-3-4-5-6-7-8-9-10-11-12-13-14-15-16-25(31)36-21-24(30)27-26(32)28(29(33)37-27)38-39(34,35)23-19-17-22(2)18-20-23/h17-20,24,27,30,32H,3-16,21H2,1-2H3. The molecule has 220 valence electrons. The van der Waals surface area contributed by atoms with E-state index in [0.717, 1.165) is 24.8 Å². The molecule has 9 nitrogen and oxygen atoms in total. The largest absolute Gasteiger partial charge is 0.505 e. The molecule has 2 unspecified atom stereocenters. The minimum absolute atomic E-state index is 0.194. The fraction of sp³-hybridized carbons (Fsp3) is 0.655. The smallest absolute Gasteiger partial charge is 0.380 e. The van der Waals surface area contributed by atoms with Crippen molar-refractivity contribution in [2.24, 2.45) is 0 Å². The molecule has 0 amide bonds. The van der Waals surface area contributed by atoms with Gasteiger partial charge in [-0.3, -0.25) is 4.79 Å². The number of ether oxygens (including phenoxy) is 2. The fourth-order valence-corrected chi connectivity index (χ4v) is 5.22. The van der Waals surface area contributed by atoms with E-state index in [0.29, 0.717) is 6.42 Å². The summed E-state index contributed by atoms with van der Waals surface area (Å²) in [6.07, 6.45) is 12.5. The van der Waals surface area contributed by atoms with Gasteiger partial charge in [-0.05, 0) is 25.5 Å². The third-order valence-electron chi connectivity index (χ3n) is 6.67. The summed E-state index contributed by atoms with van der Waals surface area (Å²) in [6.45, 7) is 3.47. The minimum atomic E-state index is -4.41. The average Bonchev–Trinajstić information content (AvgIpc) is 3.18. The number of hydrogen-bond donors (Lipinski definition) is 2. The highest BCUT2D eigenvalue weighted by molar-refractivity contribution is 7.86. The van der Waals surface area contributed by atoms with Crippen molar-refractivity contribution in [3.8, 4) is 0 Å². The van der Waals surface area contributed by atoms with Gasteiger partial charge in [-0.25, -0.2) is 4.79 Å². The number of carbonyl (C=O) groups is 2. The predicted octanol–water partition coefficient (Wildman–Crippen LogP) is 5.78. The number of unbranched alkanes of at least 4 members (excludes halogenated alkanes) is 12. The SMILES string of the molecule is CCCCCCCCCCCCCCCC(=O)OCC(O)C1OC(=O)C(OS(=O)(=O)c2ccc(C)cc2)=C1O. The van der Waals surface area contributed by atoms with Gasteiger partial charge in [-0.15, -0.1) is 0 Å². The first-order chi connectivity index (χ1) is 18.7. The van der Waals surface area contributed by atoms with E-state index in [1.54, 1.807) is 19.1 Å². The van der Waals surface area contributed by atoms with Gasteiger partial charge in [0, 0.05) is 6.42 Å². The molecular formula is C29H44O9S. The first-order valence-electron chi connectivity index (χ1n) is 14.1. The van der Waals surface area contributed by atoms with Crippen LogP contribution in [0.3, 0.4) is 0 Å². The maximum Gasteiger partial charge on any atom is 0.380 e. The Morgan fingerprint density at radius 2 is 1.44 bits per heavy atom. The van der Waals surface area contributed by atoms with E-state index in [2.05, 4.69) is 6.92 Å². The van der Waals surface area contributed by atoms with Crippen LogP contribution in [0.4, 0.5) is 0 Å². The topological polar surface area (TPSA) is 136 Å². The van der Waals surface area contributed by atoms with Crippen molar-refractivity contribution in [3.05, 3.63) is 41.3 Å². The van der Waals surface area contributed by atoms with Crippen LogP contribution in [-0.2, 0) is 33.4 Å². The van der Waals surface area contributed by atoms with E-state index in [1.807, 2.05) is 0 Å². The molecule has 2 rings (SSSR count). The van der Waals surface area contributed by atoms with Crippen LogP contribution in [0.5, 0.6) is 0 Å². The lowest BCUT2D eigenvalue weighted by Crippen LogP contribution is -2.33. The molecule has 1 heterocycles. The molecule has 1 aromatic rings. The van der Waals surface area contributed by atoms with Crippen LogP contribution < -0.4 is 0 Å². The Kier molecular flexibility index (Phi) is 14.4. The Labute approximate surface area is 232 Å². The summed E-state index contributed by atoms with van der Waals surface area (Å²) < 4.78 is 39.6. The third-order valence-corrected chi connectivity index (χ3v) is 7.91. The molecule has 0 aromatic heterocycles. The summed E-state index contributed by atoms with van der Waals surface area (Å²) in [7, 11) is -4.41. The second-order valence-electron chi connectivity index (χ2n) is 10.1. The number of cyclic esters (lactones) is 1. The van der Waals surface area contributed by atoms with Crippen LogP contribution in [0.25, 0.3) is 0 Å². The van der Waals surface area contributed by atoms with Crippen molar-refractivity contribution in [2.45, 2.75) is 121 Å². The predicted molar refractivity (Wildman–Crippen MR) is 146 cm³/mol. The van der Waals surface area contributed by atoms with E-state index in [4.69, 9.17) is 13.7 Å². The maximum absolute atomic E-state index is 12.4. The number of aryl methyl sites for hydroxylation is 1. The number of aliphatic hydroxyl groups excluding tert-OH is 2. The summed E-state index contributed by atoms with van der Waals surface area (Å²) in [5, 5.41) is 20.6. The van der Waals surface area contributed by atoms with Crippen molar-refractivity contribution in [2.75, 3.05) is 6.61 Å². The summed E-state index contributed by atoms with van der Waals surface area (Å²) in [5.74, 6) is -3.57. The molecule has 0 spiro atoms. The Hall–Kier alpha value is -2.59. The van der Waals surface area contributed by atoms with Gasteiger partial charge < -0.3 is 23.9 Å². The molecule has 39 heavy (non-hydrogen) atoms. The van der Waals surface area contributed by atoms with Crippen LogP contribution in [0, 0.1) is 6.92 Å². The van der Waals surface area contributed by atoms with E-state index in [-0.39, 0.29) is 11.3 Å². The molecule has 0 saturated heterocycles. The molecule has 0 radical (unpaired) electrons. The number of benzene rings is 1. The quantitative estimate of drug-likeness (QED) is 0.114. The average molecular weight is 569 g/mol. The highest BCUT2D eigenvalue weighted by atomic mass is 32.2. The van der Waals surface area contributed by atoms with Crippen LogP contribution in [0.15, 0.2) is 40.7 Å². The van der Waals surface area contributed by atoms with Gasteiger partial charge >= 0.3 is 22.1 Å². The summed E-state index contributed by atoms with van der Waals surface area (Å²) >= 11 is 0. The lowest BCUT2D eigenvalue weighted by Gasteiger charge is -2.17. The minimum Gasteiger partial charge on any atom is -0.505 e. The maximum atomic E-state index is 12.4. The van der Waals surface area contributed by atoms with Crippen LogP contribution in [-0.4, -0.2) is 49.4 Å². The van der Waals surface area contributed by atoms with Gasteiger partial charge in [-0.2, -0.15) is 8.42 Å². The molecule has 0 saturated carbocycles. The Morgan fingerprint density at radius 3 is 1.97 bits per heavy atom. The van der Waals surface area contributed by atoms with E-state index >= 15 is 0 Å².